The van der Waals surface area contributed by atoms with E-state index in [0.717, 1.165) is 4.57 Å². The van der Waals surface area contributed by atoms with E-state index in [1.807, 2.05) is 6.92 Å². The fourth-order valence-electron chi connectivity index (χ4n) is 1.88. The number of hydrogen-bond acceptors (Lipinski definition) is 7. The third-order valence-electron chi connectivity index (χ3n) is 3.11. The number of ether oxygens (including phenoxy) is 2. The van der Waals surface area contributed by atoms with E-state index in [1.165, 1.54) is 32.1 Å². The molecule has 0 bridgehead atoms. The molecule has 140 valence electrons. The molecule has 1 heterocycles. The highest BCUT2D eigenvalue weighted by Gasteiger charge is 2.18. The van der Waals surface area contributed by atoms with Crippen LogP contribution in [0.4, 0.5) is 0 Å². The molecule has 1 aromatic rings. The second-order valence-corrected chi connectivity index (χ2v) is 6.53. The number of ketones is 1. The van der Waals surface area contributed by atoms with Crippen molar-refractivity contribution in [3.05, 3.63) is 45.0 Å². The molecule has 1 N–H and O–H groups in total. The quantitative estimate of drug-likeness (QED) is 0.576. The summed E-state index contributed by atoms with van der Waals surface area (Å²) in [4.78, 5) is 36.4. The monoisotopic (exact) mass is 374 g/mol. The van der Waals surface area contributed by atoms with Crippen LogP contribution in [0.1, 0.15) is 26.5 Å². The Bertz CT molecular complexity index is 725. The molecule has 1 unspecified atom stereocenters. The SMILES string of the molecule is CC[C@@H](/C=C/[PH](=O)OC)O[C@H](COCC(C)=O)n1ccc(=O)[nH]c1=O. The topological polar surface area (TPSA) is 117 Å². The van der Waals surface area contributed by atoms with Gasteiger partial charge in [-0.05, 0) is 19.2 Å². The van der Waals surface area contributed by atoms with Crippen LogP contribution in [0.25, 0.3) is 0 Å². The number of hydrogen-bond donors (Lipinski definition) is 1. The highest BCUT2D eigenvalue weighted by atomic mass is 31.1. The molecular weight excluding hydrogens is 351 g/mol. The molecular formula is C15H23N2O7P. The largest absolute Gasteiger partial charge is 0.369 e. The number of aromatic nitrogens is 2. The smallest absolute Gasteiger partial charge is 0.330 e. The Morgan fingerprint density at radius 1 is 1.44 bits per heavy atom. The van der Waals surface area contributed by atoms with Crippen molar-refractivity contribution in [3.63, 3.8) is 0 Å². The number of nitrogens with one attached hydrogen (secondary N) is 1. The van der Waals surface area contributed by atoms with Crippen molar-refractivity contribution in [1.29, 1.82) is 0 Å². The van der Waals surface area contributed by atoms with Gasteiger partial charge in [0.25, 0.3) is 5.56 Å². The summed E-state index contributed by atoms with van der Waals surface area (Å²) >= 11 is 0. The van der Waals surface area contributed by atoms with E-state index in [0.29, 0.717) is 6.42 Å². The highest BCUT2D eigenvalue weighted by Crippen LogP contribution is 2.23. The molecule has 0 spiro atoms. The maximum Gasteiger partial charge on any atom is 0.330 e. The Hall–Kier alpha value is -1.80. The molecule has 25 heavy (non-hydrogen) atoms. The van der Waals surface area contributed by atoms with Crippen molar-refractivity contribution in [1.82, 2.24) is 9.55 Å². The van der Waals surface area contributed by atoms with Crippen LogP contribution >= 0.6 is 8.03 Å². The van der Waals surface area contributed by atoms with E-state index in [9.17, 15) is 18.9 Å². The van der Waals surface area contributed by atoms with Crippen LogP contribution in [0.5, 0.6) is 0 Å². The first-order chi connectivity index (χ1) is 11.9. The third kappa shape index (κ3) is 7.74. The van der Waals surface area contributed by atoms with E-state index >= 15 is 0 Å². The van der Waals surface area contributed by atoms with Gasteiger partial charge in [-0.25, -0.2) is 4.79 Å². The van der Waals surface area contributed by atoms with Gasteiger partial charge in [-0.1, -0.05) is 13.0 Å². The molecule has 0 aromatic carbocycles. The number of rotatable bonds is 11. The molecule has 0 aliphatic rings. The normalized spacial score (nSPS) is 15.2. The molecule has 0 aliphatic heterocycles. The van der Waals surface area contributed by atoms with Crippen LogP contribution in [0.3, 0.4) is 0 Å². The standard InChI is InChI=1S/C15H23N2O7P/c1-4-12(6-8-25(21)22-3)24-14(10-23-9-11(2)18)17-7-5-13(19)16-15(17)20/h5-8,12,14,25H,4,9-10H2,1-3H3,(H,16,19,20)/b8-6+/t12-,14+/m0/s1. The van der Waals surface area contributed by atoms with Crippen molar-refractivity contribution >= 4 is 13.8 Å². The van der Waals surface area contributed by atoms with Gasteiger partial charge < -0.3 is 14.0 Å². The fraction of sp³-hybridized carbons (Fsp3) is 0.533. The number of aromatic amines is 1. The van der Waals surface area contributed by atoms with Gasteiger partial charge >= 0.3 is 5.69 Å². The van der Waals surface area contributed by atoms with E-state index < -0.39 is 31.6 Å². The minimum atomic E-state index is -2.28. The van der Waals surface area contributed by atoms with Crippen molar-refractivity contribution in [3.8, 4) is 0 Å². The van der Waals surface area contributed by atoms with Crippen molar-refractivity contribution in [2.45, 2.75) is 32.6 Å². The lowest BCUT2D eigenvalue weighted by molar-refractivity contribution is -0.126. The summed E-state index contributed by atoms with van der Waals surface area (Å²) in [6.07, 6.45) is 2.07. The molecule has 0 fully saturated rings. The number of carbonyl (C=O) groups excluding carboxylic acids is 1. The average Bonchev–Trinajstić information content (AvgIpc) is 2.56. The minimum absolute atomic E-state index is 0.0741. The molecule has 0 aliphatic carbocycles. The summed E-state index contributed by atoms with van der Waals surface area (Å²) in [5, 5.41) is 0. The first-order valence-electron chi connectivity index (χ1n) is 7.67. The second kappa shape index (κ2) is 10.9. The molecule has 0 radical (unpaired) electrons. The molecule has 9 nitrogen and oxygen atoms in total. The van der Waals surface area contributed by atoms with E-state index in [2.05, 4.69) is 4.98 Å². The van der Waals surface area contributed by atoms with Crippen LogP contribution < -0.4 is 11.2 Å². The minimum Gasteiger partial charge on any atom is -0.369 e. The molecule has 3 atom stereocenters. The van der Waals surface area contributed by atoms with Crippen LogP contribution in [0.2, 0.25) is 0 Å². The second-order valence-electron chi connectivity index (χ2n) is 5.15. The molecule has 0 saturated heterocycles. The van der Waals surface area contributed by atoms with Crippen molar-refractivity contribution in [2.24, 2.45) is 0 Å². The summed E-state index contributed by atoms with van der Waals surface area (Å²) in [5.41, 5.74) is -1.19. The Kier molecular flexibility index (Phi) is 9.30. The van der Waals surface area contributed by atoms with E-state index in [-0.39, 0.29) is 19.0 Å². The summed E-state index contributed by atoms with van der Waals surface area (Å²) < 4.78 is 28.3. The molecule has 0 amide bonds. The summed E-state index contributed by atoms with van der Waals surface area (Å²) in [6.45, 7) is 3.03. The molecule has 1 aromatic heterocycles. The lowest BCUT2D eigenvalue weighted by Crippen LogP contribution is -2.36. The Morgan fingerprint density at radius 2 is 2.16 bits per heavy atom. The zero-order valence-corrected chi connectivity index (χ0v) is 15.4. The zero-order valence-electron chi connectivity index (χ0n) is 14.4. The Morgan fingerprint density at radius 3 is 2.72 bits per heavy atom. The maximum atomic E-state index is 12.0. The first-order valence-corrected chi connectivity index (χ1v) is 9.07. The lowest BCUT2D eigenvalue weighted by atomic mass is 10.3. The Labute approximate surface area is 145 Å². The first kappa shape index (κ1) is 21.2. The number of Topliss-reactive ketones (excluding diaryl/α,β-unsaturated/α-hetero) is 1. The molecule has 1 rings (SSSR count). The van der Waals surface area contributed by atoms with Gasteiger partial charge in [0.15, 0.2) is 12.0 Å². The van der Waals surface area contributed by atoms with Gasteiger partial charge in [0.2, 0.25) is 8.03 Å². The molecule has 0 saturated carbocycles. The summed E-state index contributed by atoms with van der Waals surface area (Å²) in [7, 11) is -0.938. The maximum absolute atomic E-state index is 12.0. The van der Waals surface area contributed by atoms with Gasteiger partial charge in [-0.2, -0.15) is 0 Å². The van der Waals surface area contributed by atoms with Crippen LogP contribution in [0, 0.1) is 0 Å². The van der Waals surface area contributed by atoms with Crippen LogP contribution in [-0.2, 0) is 23.4 Å². The van der Waals surface area contributed by atoms with Crippen LogP contribution in [0.15, 0.2) is 33.7 Å². The van der Waals surface area contributed by atoms with Crippen molar-refractivity contribution < 1.29 is 23.4 Å². The lowest BCUT2D eigenvalue weighted by Gasteiger charge is -2.23. The predicted octanol–water partition coefficient (Wildman–Crippen LogP) is 1.07. The van der Waals surface area contributed by atoms with Gasteiger partial charge in [0.1, 0.15) is 6.61 Å². The van der Waals surface area contributed by atoms with Gasteiger partial charge in [-0.15, -0.1) is 0 Å². The number of H-pyrrole nitrogens is 1. The van der Waals surface area contributed by atoms with E-state index in [4.69, 9.17) is 14.0 Å². The fourth-order valence-corrected chi connectivity index (χ4v) is 2.38. The third-order valence-corrected chi connectivity index (χ3v) is 3.98. The average molecular weight is 374 g/mol. The summed E-state index contributed by atoms with van der Waals surface area (Å²) in [6, 6.07) is 1.18. The Balaban J connectivity index is 2.98. The number of nitrogens with zero attached hydrogens (tertiary/aromatic N) is 1. The molecule has 10 heteroatoms. The highest BCUT2D eigenvalue weighted by molar-refractivity contribution is 7.42. The summed E-state index contributed by atoms with van der Waals surface area (Å²) in [5.74, 6) is 1.24. The zero-order chi connectivity index (χ0) is 18.8. The predicted molar refractivity (Wildman–Crippen MR) is 92.2 cm³/mol. The number of carbonyl (C=O) groups is 1. The van der Waals surface area contributed by atoms with Gasteiger partial charge in [0.05, 0.1) is 12.7 Å². The van der Waals surface area contributed by atoms with Crippen molar-refractivity contribution in [2.75, 3.05) is 20.3 Å². The van der Waals surface area contributed by atoms with Crippen LogP contribution in [-0.4, -0.2) is 41.8 Å². The van der Waals surface area contributed by atoms with E-state index in [1.54, 1.807) is 6.08 Å². The van der Waals surface area contributed by atoms with Gasteiger partial charge in [-0.3, -0.25) is 23.7 Å². The van der Waals surface area contributed by atoms with Gasteiger partial charge in [0, 0.05) is 19.4 Å².